The van der Waals surface area contributed by atoms with Gasteiger partial charge >= 0.3 is 0 Å². The van der Waals surface area contributed by atoms with E-state index in [0.29, 0.717) is 0 Å². The molecule has 1 aromatic heterocycles. The number of phenols is 2. The Labute approximate surface area is 303 Å². The standard InChI is InChI=1S/C33H40O21/c34-7-15-19(38)23(42)26(45)31(51-15)48-9-17-21(40)25(44)28(47)33(53-17)54-30-22(41)18-13(37)5-12(49-32-27(46)24(43)20(39)16(8-35)52-32)6-14(18)50-29(30)10-1-3-11(36)4-2-10/h1-6,15-17,19-21,23-28,31-40,42-47H,7-9H2. The molecule has 0 aliphatic carbocycles. The Hall–Kier alpha value is -3.75. The van der Waals surface area contributed by atoms with Crippen molar-refractivity contribution in [2.75, 3.05) is 19.8 Å². The largest absolute Gasteiger partial charge is 0.508 e. The highest BCUT2D eigenvalue weighted by atomic mass is 16.7. The predicted octanol–water partition coefficient (Wildman–Crippen LogP) is -4.95. The minimum atomic E-state index is -2.03. The molecule has 15 unspecified atom stereocenters. The highest BCUT2D eigenvalue weighted by Crippen LogP contribution is 2.39. The molecular formula is C33H40O21. The van der Waals surface area contributed by atoms with Gasteiger partial charge in [0.15, 0.2) is 12.1 Å². The van der Waals surface area contributed by atoms with Crippen LogP contribution in [0.4, 0.5) is 0 Å². The van der Waals surface area contributed by atoms with Gasteiger partial charge in [0.05, 0.1) is 19.8 Å². The van der Waals surface area contributed by atoms with E-state index in [-0.39, 0.29) is 28.4 Å². The third-order valence-electron chi connectivity index (χ3n) is 9.31. The highest BCUT2D eigenvalue weighted by Gasteiger charge is 2.49. The Morgan fingerprint density at radius 3 is 1.67 bits per heavy atom. The van der Waals surface area contributed by atoms with Gasteiger partial charge in [-0.05, 0) is 24.3 Å². The first-order chi connectivity index (χ1) is 25.6. The first-order valence-electron chi connectivity index (χ1n) is 16.5. The Morgan fingerprint density at radius 1 is 0.593 bits per heavy atom. The maximum atomic E-state index is 14.0. The highest BCUT2D eigenvalue weighted by molar-refractivity contribution is 5.88. The fourth-order valence-electron chi connectivity index (χ4n) is 6.20. The summed E-state index contributed by atoms with van der Waals surface area (Å²) in [6, 6.07) is 7.12. The molecule has 54 heavy (non-hydrogen) atoms. The van der Waals surface area contributed by atoms with Crippen LogP contribution in [0.1, 0.15) is 0 Å². The molecule has 298 valence electrons. The van der Waals surface area contributed by atoms with Gasteiger partial charge in [0.25, 0.3) is 0 Å². The zero-order chi connectivity index (χ0) is 39.2. The van der Waals surface area contributed by atoms with Gasteiger partial charge in [0.2, 0.25) is 23.8 Å². The Balaban J connectivity index is 1.31. The van der Waals surface area contributed by atoms with E-state index in [9.17, 15) is 71.2 Å². The van der Waals surface area contributed by atoms with Gasteiger partial charge in [-0.15, -0.1) is 0 Å². The first kappa shape index (κ1) is 39.9. The number of benzene rings is 2. The topological polar surface area (TPSA) is 349 Å². The summed E-state index contributed by atoms with van der Waals surface area (Å²) in [7, 11) is 0. The van der Waals surface area contributed by atoms with E-state index in [2.05, 4.69) is 0 Å². The van der Waals surface area contributed by atoms with Gasteiger partial charge in [-0.25, -0.2) is 0 Å². The van der Waals surface area contributed by atoms with Gasteiger partial charge in [-0.3, -0.25) is 4.79 Å². The summed E-state index contributed by atoms with van der Waals surface area (Å²) < 4.78 is 39.1. The molecule has 3 fully saturated rings. The van der Waals surface area contributed by atoms with E-state index in [1.165, 1.54) is 24.3 Å². The number of ether oxygens (including phenoxy) is 6. The van der Waals surface area contributed by atoms with E-state index in [1.807, 2.05) is 0 Å². The maximum Gasteiger partial charge on any atom is 0.239 e. The molecule has 15 atom stereocenters. The molecule has 3 aliphatic rings. The van der Waals surface area contributed by atoms with Crippen molar-refractivity contribution in [3.8, 4) is 34.3 Å². The number of aromatic hydroxyl groups is 2. The van der Waals surface area contributed by atoms with Crippen LogP contribution in [0.15, 0.2) is 45.6 Å². The van der Waals surface area contributed by atoms with Crippen LogP contribution in [-0.4, -0.2) is 178 Å². The summed E-state index contributed by atoms with van der Waals surface area (Å²) >= 11 is 0. The molecule has 0 amide bonds. The molecule has 0 saturated carbocycles. The molecular weight excluding hydrogens is 732 g/mol. The molecule has 4 heterocycles. The van der Waals surface area contributed by atoms with Crippen LogP contribution in [0.25, 0.3) is 22.3 Å². The van der Waals surface area contributed by atoms with Crippen LogP contribution in [0, 0.1) is 0 Å². The molecule has 3 saturated heterocycles. The van der Waals surface area contributed by atoms with E-state index >= 15 is 0 Å². The van der Waals surface area contributed by atoms with E-state index in [0.717, 1.165) is 12.1 Å². The molecule has 3 aromatic rings. The molecule has 0 spiro atoms. The molecule has 3 aliphatic heterocycles. The fraction of sp³-hybridized carbons (Fsp3) is 0.545. The van der Waals surface area contributed by atoms with E-state index in [1.54, 1.807) is 0 Å². The zero-order valence-corrected chi connectivity index (χ0v) is 27.8. The Morgan fingerprint density at radius 2 is 1.09 bits per heavy atom. The average Bonchev–Trinajstić information content (AvgIpc) is 3.15. The lowest BCUT2D eigenvalue weighted by Crippen LogP contribution is -2.62. The monoisotopic (exact) mass is 772 g/mol. The average molecular weight is 773 g/mol. The number of aliphatic hydroxyl groups excluding tert-OH is 11. The molecule has 2 aromatic carbocycles. The van der Waals surface area contributed by atoms with Crippen molar-refractivity contribution in [3.63, 3.8) is 0 Å². The van der Waals surface area contributed by atoms with Gasteiger partial charge in [-0.1, -0.05) is 0 Å². The van der Waals surface area contributed by atoms with Crippen molar-refractivity contribution in [1.29, 1.82) is 0 Å². The third kappa shape index (κ3) is 7.58. The normalized spacial score (nSPS) is 37.3. The van der Waals surface area contributed by atoms with Gasteiger partial charge in [0.1, 0.15) is 101 Å². The second-order valence-corrected chi connectivity index (χ2v) is 12.9. The second kappa shape index (κ2) is 16.2. The Kier molecular flexibility index (Phi) is 11.9. The summed E-state index contributed by atoms with van der Waals surface area (Å²) in [5, 5.41) is 133. The summed E-state index contributed by atoms with van der Waals surface area (Å²) in [5.74, 6) is -2.30. The van der Waals surface area contributed by atoms with Crippen molar-refractivity contribution < 1.29 is 99.2 Å². The number of aliphatic hydroxyl groups is 11. The minimum absolute atomic E-state index is 0.0925. The van der Waals surface area contributed by atoms with Gasteiger partial charge in [0, 0.05) is 17.7 Å². The SMILES string of the molecule is O=c1c(OC2OC(COC3OC(CO)C(O)C(O)C3O)C(O)C(O)C2O)c(-c2ccc(O)cc2)oc2cc(OC3OC(CO)C(O)C(O)C3O)cc(O)c12. The second-order valence-electron chi connectivity index (χ2n) is 12.9. The number of phenolic OH excluding ortho intramolecular Hbond substituents is 2. The van der Waals surface area contributed by atoms with Crippen molar-refractivity contribution >= 4 is 11.0 Å². The van der Waals surface area contributed by atoms with Crippen LogP contribution in [0.5, 0.6) is 23.0 Å². The third-order valence-corrected chi connectivity index (χ3v) is 9.31. The molecule has 21 heteroatoms. The number of rotatable bonds is 10. The zero-order valence-electron chi connectivity index (χ0n) is 27.8. The van der Waals surface area contributed by atoms with Gasteiger partial charge in [-0.2, -0.15) is 0 Å². The van der Waals surface area contributed by atoms with Crippen LogP contribution in [0.2, 0.25) is 0 Å². The van der Waals surface area contributed by atoms with Gasteiger partial charge < -0.3 is 99.2 Å². The van der Waals surface area contributed by atoms with Crippen LogP contribution >= 0.6 is 0 Å². The van der Waals surface area contributed by atoms with E-state index < -0.39 is 134 Å². The number of hydrogen-bond donors (Lipinski definition) is 13. The van der Waals surface area contributed by atoms with E-state index in [4.69, 9.17) is 32.8 Å². The minimum Gasteiger partial charge on any atom is -0.508 e. The molecule has 0 radical (unpaired) electrons. The molecule has 0 bridgehead atoms. The quantitative estimate of drug-likeness (QED) is 0.0918. The fourth-order valence-corrected chi connectivity index (χ4v) is 6.20. The van der Waals surface area contributed by atoms with Crippen molar-refractivity contribution in [2.24, 2.45) is 0 Å². The number of fused-ring (bicyclic) bond motifs is 1. The van der Waals surface area contributed by atoms with Crippen LogP contribution < -0.4 is 14.9 Å². The Bertz CT molecular complexity index is 1800. The summed E-state index contributed by atoms with van der Waals surface area (Å²) in [4.78, 5) is 14.0. The van der Waals surface area contributed by atoms with Crippen molar-refractivity contribution in [1.82, 2.24) is 0 Å². The lowest BCUT2D eigenvalue weighted by Gasteiger charge is -2.42. The van der Waals surface area contributed by atoms with Crippen LogP contribution in [0.3, 0.4) is 0 Å². The summed E-state index contributed by atoms with van der Waals surface area (Å²) in [5.41, 5.74) is -1.32. The first-order valence-corrected chi connectivity index (χ1v) is 16.5. The molecule has 13 N–H and O–H groups in total. The number of hydrogen-bond acceptors (Lipinski definition) is 21. The van der Waals surface area contributed by atoms with Crippen LogP contribution in [-0.2, 0) is 18.9 Å². The van der Waals surface area contributed by atoms with Crippen molar-refractivity contribution in [3.05, 3.63) is 46.6 Å². The lowest BCUT2D eigenvalue weighted by molar-refractivity contribution is -0.323. The summed E-state index contributed by atoms with van der Waals surface area (Å²) in [6.07, 6.45) is -26.0. The molecule has 21 nitrogen and oxygen atoms in total. The lowest BCUT2D eigenvalue weighted by atomic mass is 9.98. The smallest absolute Gasteiger partial charge is 0.239 e. The predicted molar refractivity (Wildman–Crippen MR) is 173 cm³/mol. The summed E-state index contributed by atoms with van der Waals surface area (Å²) in [6.45, 7) is -2.21. The maximum absolute atomic E-state index is 14.0. The van der Waals surface area contributed by atoms with Crippen molar-refractivity contribution in [2.45, 2.75) is 92.1 Å². The molecule has 6 rings (SSSR count).